The van der Waals surface area contributed by atoms with E-state index in [0.717, 1.165) is 4.31 Å². The number of aliphatic carboxylic acids is 1. The van der Waals surface area contributed by atoms with Crippen LogP contribution in [0.4, 0.5) is 0 Å². The highest BCUT2D eigenvalue weighted by molar-refractivity contribution is 9.11. The van der Waals surface area contributed by atoms with Crippen LogP contribution in [0, 0.1) is 6.92 Å². The molecule has 0 unspecified atom stereocenters. The molecule has 1 aromatic heterocycles. The molecule has 0 radical (unpaired) electrons. The fraction of sp³-hybridized carbons (Fsp3) is 0.500. The Hall–Kier alpha value is -0.440. The quantitative estimate of drug-likeness (QED) is 0.849. The van der Waals surface area contributed by atoms with Gasteiger partial charge in [0, 0.05) is 11.4 Å². The van der Waals surface area contributed by atoms with Gasteiger partial charge >= 0.3 is 5.97 Å². The summed E-state index contributed by atoms with van der Waals surface area (Å²) in [6.45, 7) is 3.19. The number of halogens is 1. The minimum Gasteiger partial charge on any atom is -0.480 e. The van der Waals surface area contributed by atoms with E-state index in [4.69, 9.17) is 5.11 Å². The second-order valence-corrected chi connectivity index (χ2v) is 8.25. The summed E-state index contributed by atoms with van der Waals surface area (Å²) in [4.78, 5) is 11.6. The first-order valence-electron chi connectivity index (χ1n) is 5.27. The Bertz CT molecular complexity index is 538. The Morgan fingerprint density at radius 1 is 1.56 bits per heavy atom. The average Bonchev–Trinajstić information content (AvgIpc) is 2.57. The minimum absolute atomic E-state index is 0.175. The molecule has 1 rings (SSSR count). The average molecular weight is 356 g/mol. The third kappa shape index (κ3) is 3.53. The smallest absolute Gasteiger partial charge is 0.318 e. The topological polar surface area (TPSA) is 74.7 Å². The molecule has 0 fully saturated rings. The molecular formula is C10H14BrNO4S2. The van der Waals surface area contributed by atoms with Crippen LogP contribution in [0.1, 0.15) is 18.2 Å². The monoisotopic (exact) mass is 355 g/mol. The van der Waals surface area contributed by atoms with Crippen molar-refractivity contribution in [2.75, 3.05) is 13.1 Å². The number of carboxylic acid groups (broad SMARTS) is 1. The lowest BCUT2D eigenvalue weighted by atomic mass is 10.5. The maximum atomic E-state index is 12.3. The van der Waals surface area contributed by atoms with Gasteiger partial charge in [-0.05, 0) is 35.3 Å². The van der Waals surface area contributed by atoms with Crippen LogP contribution >= 0.6 is 27.3 Å². The summed E-state index contributed by atoms with van der Waals surface area (Å²) in [6.07, 6.45) is 0.566. The Balaban J connectivity index is 3.16. The maximum absolute atomic E-state index is 12.3. The number of thiophene rings is 1. The lowest BCUT2D eigenvalue weighted by molar-refractivity contribution is -0.137. The van der Waals surface area contributed by atoms with Crippen LogP contribution in [0.25, 0.3) is 0 Å². The first-order valence-corrected chi connectivity index (χ1v) is 8.32. The van der Waals surface area contributed by atoms with E-state index in [0.29, 0.717) is 15.1 Å². The van der Waals surface area contributed by atoms with E-state index in [9.17, 15) is 13.2 Å². The van der Waals surface area contributed by atoms with Gasteiger partial charge in [-0.15, -0.1) is 11.3 Å². The fourth-order valence-electron chi connectivity index (χ4n) is 1.51. The number of hydrogen-bond donors (Lipinski definition) is 1. The molecule has 0 atom stereocenters. The second kappa shape index (κ2) is 6.14. The lowest BCUT2D eigenvalue weighted by Gasteiger charge is -2.19. The van der Waals surface area contributed by atoms with Crippen LogP contribution in [0.3, 0.4) is 0 Å². The molecule has 1 N–H and O–H groups in total. The molecule has 102 valence electrons. The van der Waals surface area contributed by atoms with Gasteiger partial charge in [0.1, 0.15) is 6.54 Å². The van der Waals surface area contributed by atoms with Crippen molar-refractivity contribution in [1.82, 2.24) is 4.31 Å². The molecule has 0 aliphatic carbocycles. The van der Waals surface area contributed by atoms with Crippen molar-refractivity contribution in [3.8, 4) is 0 Å². The number of nitrogens with zero attached hydrogens (tertiary/aromatic N) is 1. The molecule has 0 spiro atoms. The third-order valence-electron chi connectivity index (χ3n) is 2.24. The number of aryl methyl sites for hydroxylation is 1. The zero-order chi connectivity index (χ0) is 13.9. The van der Waals surface area contributed by atoms with E-state index in [1.54, 1.807) is 13.8 Å². The summed E-state index contributed by atoms with van der Waals surface area (Å²) in [5.74, 6) is -1.15. The van der Waals surface area contributed by atoms with E-state index >= 15 is 0 Å². The highest BCUT2D eigenvalue weighted by Crippen LogP contribution is 2.31. The third-order valence-corrected chi connectivity index (χ3v) is 5.90. The van der Waals surface area contributed by atoms with Gasteiger partial charge in [-0.25, -0.2) is 8.42 Å². The molecule has 0 amide bonds. The van der Waals surface area contributed by atoms with Gasteiger partial charge in [-0.1, -0.05) is 6.92 Å². The molecule has 0 saturated heterocycles. The Labute approximate surface area is 119 Å². The molecule has 18 heavy (non-hydrogen) atoms. The summed E-state index contributed by atoms with van der Waals surface area (Å²) in [5, 5.41) is 8.78. The van der Waals surface area contributed by atoms with Crippen LogP contribution in [0.2, 0.25) is 0 Å². The van der Waals surface area contributed by atoms with Crippen molar-refractivity contribution in [1.29, 1.82) is 0 Å². The zero-order valence-electron chi connectivity index (χ0n) is 10.0. The van der Waals surface area contributed by atoms with Gasteiger partial charge in [0.05, 0.1) is 8.68 Å². The fourth-order valence-corrected chi connectivity index (χ4v) is 5.38. The SMILES string of the molecule is CCCN(CC(=O)O)S(=O)(=O)c1cc(Br)sc1C. The molecule has 1 heterocycles. The Morgan fingerprint density at radius 3 is 2.56 bits per heavy atom. The van der Waals surface area contributed by atoms with Crippen molar-refractivity contribution in [2.24, 2.45) is 0 Å². The van der Waals surface area contributed by atoms with Gasteiger partial charge in [-0.3, -0.25) is 4.79 Å². The minimum atomic E-state index is -3.74. The van der Waals surface area contributed by atoms with E-state index in [2.05, 4.69) is 15.9 Å². The number of sulfonamides is 1. The number of hydrogen-bond acceptors (Lipinski definition) is 4. The second-order valence-electron chi connectivity index (χ2n) is 3.70. The summed E-state index contributed by atoms with van der Waals surface area (Å²) in [7, 11) is -3.74. The van der Waals surface area contributed by atoms with Crippen molar-refractivity contribution in [3.63, 3.8) is 0 Å². The van der Waals surface area contributed by atoms with Crippen LogP contribution < -0.4 is 0 Å². The van der Waals surface area contributed by atoms with Crippen LogP contribution in [-0.4, -0.2) is 36.9 Å². The molecule has 0 saturated carbocycles. The van der Waals surface area contributed by atoms with Gasteiger partial charge in [0.2, 0.25) is 10.0 Å². The Morgan fingerprint density at radius 2 is 2.17 bits per heavy atom. The molecule has 0 aliphatic heterocycles. The van der Waals surface area contributed by atoms with Gasteiger partial charge < -0.3 is 5.11 Å². The van der Waals surface area contributed by atoms with Gasteiger partial charge in [0.15, 0.2) is 0 Å². The van der Waals surface area contributed by atoms with E-state index < -0.39 is 22.5 Å². The zero-order valence-corrected chi connectivity index (χ0v) is 13.2. The van der Waals surface area contributed by atoms with Gasteiger partial charge in [0.25, 0.3) is 0 Å². The summed E-state index contributed by atoms with van der Waals surface area (Å²) >= 11 is 4.55. The number of carbonyl (C=O) groups is 1. The first-order chi connectivity index (χ1) is 8.28. The van der Waals surface area contributed by atoms with Crippen LogP contribution in [0.5, 0.6) is 0 Å². The predicted octanol–water partition coefficient (Wildman–Crippen LogP) is 2.30. The molecule has 5 nitrogen and oxygen atoms in total. The molecule has 0 aliphatic rings. The lowest BCUT2D eigenvalue weighted by Crippen LogP contribution is -2.36. The van der Waals surface area contributed by atoms with Crippen molar-refractivity contribution in [2.45, 2.75) is 25.2 Å². The van der Waals surface area contributed by atoms with Crippen molar-refractivity contribution >= 4 is 43.3 Å². The van der Waals surface area contributed by atoms with Gasteiger partial charge in [-0.2, -0.15) is 4.31 Å². The maximum Gasteiger partial charge on any atom is 0.318 e. The van der Waals surface area contributed by atoms with Crippen molar-refractivity contribution < 1.29 is 18.3 Å². The number of carboxylic acids is 1. The Kier molecular flexibility index (Phi) is 5.32. The van der Waals surface area contributed by atoms with E-state index in [1.807, 2.05) is 0 Å². The normalized spacial score (nSPS) is 12.0. The molecule has 1 aromatic rings. The highest BCUT2D eigenvalue weighted by Gasteiger charge is 2.28. The number of rotatable bonds is 6. The molecule has 8 heteroatoms. The molecular weight excluding hydrogens is 342 g/mol. The summed E-state index contributed by atoms with van der Waals surface area (Å²) in [5.41, 5.74) is 0. The molecule has 0 aromatic carbocycles. The van der Waals surface area contributed by atoms with E-state index in [1.165, 1.54) is 17.4 Å². The molecule has 0 bridgehead atoms. The largest absolute Gasteiger partial charge is 0.480 e. The van der Waals surface area contributed by atoms with Crippen LogP contribution in [0.15, 0.2) is 14.7 Å². The van der Waals surface area contributed by atoms with E-state index in [-0.39, 0.29) is 11.4 Å². The summed E-state index contributed by atoms with van der Waals surface area (Å²) < 4.78 is 26.4. The van der Waals surface area contributed by atoms with Crippen molar-refractivity contribution in [3.05, 3.63) is 14.7 Å². The first kappa shape index (κ1) is 15.6. The highest BCUT2D eigenvalue weighted by atomic mass is 79.9. The predicted molar refractivity (Wildman–Crippen MR) is 73.4 cm³/mol. The standard InChI is InChI=1S/C10H14BrNO4S2/c1-3-4-12(6-10(13)14)18(15,16)8-5-9(11)17-7(8)2/h5H,3-4,6H2,1-2H3,(H,13,14). The van der Waals surface area contributed by atoms with Crippen LogP contribution in [-0.2, 0) is 14.8 Å². The summed E-state index contributed by atoms with van der Waals surface area (Å²) in [6, 6.07) is 1.51.